The van der Waals surface area contributed by atoms with Gasteiger partial charge in [0.1, 0.15) is 12.1 Å². The summed E-state index contributed by atoms with van der Waals surface area (Å²) in [7, 11) is 1.28. The summed E-state index contributed by atoms with van der Waals surface area (Å²) >= 11 is 0. The zero-order valence-electron chi connectivity index (χ0n) is 24.1. The van der Waals surface area contributed by atoms with Crippen molar-refractivity contribution < 1.29 is 18.3 Å². The van der Waals surface area contributed by atoms with Crippen molar-refractivity contribution in [1.82, 2.24) is 39.7 Å². The second-order valence-electron chi connectivity index (χ2n) is 11.2. The van der Waals surface area contributed by atoms with Gasteiger partial charge in [0.15, 0.2) is 17.2 Å². The molecule has 1 aliphatic heterocycles. The van der Waals surface area contributed by atoms with Crippen LogP contribution in [-0.4, -0.2) is 58.7 Å². The summed E-state index contributed by atoms with van der Waals surface area (Å²) in [6.45, 7) is 2.01. The van der Waals surface area contributed by atoms with Gasteiger partial charge in [-0.05, 0) is 63.1 Å². The Labute approximate surface area is 250 Å². The first-order valence-corrected chi connectivity index (χ1v) is 14.3. The smallest absolute Gasteiger partial charge is 0.295 e. The Bertz CT molecular complexity index is 1920. The second-order valence-corrected chi connectivity index (χ2v) is 11.2. The number of amides is 1. The van der Waals surface area contributed by atoms with Crippen LogP contribution in [0.15, 0.2) is 54.8 Å². The number of H-pyrrole nitrogens is 1. The third-order valence-corrected chi connectivity index (χ3v) is 8.28. The number of hydrogen-bond acceptors (Lipinski definition) is 8. The lowest BCUT2D eigenvalue weighted by Crippen LogP contribution is -2.34. The molecule has 1 aromatic carbocycles. The summed E-state index contributed by atoms with van der Waals surface area (Å²) in [4.78, 5) is 27.1. The van der Waals surface area contributed by atoms with Crippen LogP contribution in [-0.2, 0) is 6.42 Å². The highest BCUT2D eigenvalue weighted by Crippen LogP contribution is 2.45. The van der Waals surface area contributed by atoms with E-state index in [0.717, 1.165) is 36.1 Å². The fourth-order valence-corrected chi connectivity index (χ4v) is 5.95. The number of carbonyl (C=O) groups is 1. The molecule has 0 unspecified atom stereocenters. The summed E-state index contributed by atoms with van der Waals surface area (Å²) in [6.07, 6.45) is 10.7. The zero-order chi connectivity index (χ0) is 30.5. The van der Waals surface area contributed by atoms with Crippen molar-refractivity contribution in [2.24, 2.45) is 0 Å². The topological polar surface area (TPSA) is 140 Å². The molecule has 1 amide bonds. The molecule has 1 aliphatic carbocycles. The first-order chi connectivity index (χ1) is 21.3. The van der Waals surface area contributed by atoms with E-state index in [0.29, 0.717) is 41.4 Å². The molecule has 224 valence electrons. The molecule has 1 saturated carbocycles. The Morgan fingerprint density at radius 3 is 2.68 bits per heavy atom. The number of benzene rings is 1. The van der Waals surface area contributed by atoms with Crippen LogP contribution in [0.2, 0.25) is 0 Å². The largest absolute Gasteiger partial charge is 0.494 e. The van der Waals surface area contributed by atoms with Crippen molar-refractivity contribution in [3.05, 3.63) is 83.5 Å². The predicted molar refractivity (Wildman–Crippen MR) is 158 cm³/mol. The first-order valence-electron chi connectivity index (χ1n) is 14.3. The van der Waals surface area contributed by atoms with Crippen LogP contribution < -0.4 is 10.5 Å². The van der Waals surface area contributed by atoms with Gasteiger partial charge in [-0.25, -0.2) is 9.37 Å². The monoisotopic (exact) mass is 597 g/mol. The number of ether oxygens (including phenoxy) is 1. The average Bonchev–Trinajstić information content (AvgIpc) is 3.38. The third kappa shape index (κ3) is 4.74. The molecule has 0 spiro atoms. The number of nitrogens with two attached hydrogens (primary N) is 1. The van der Waals surface area contributed by atoms with E-state index < -0.39 is 11.6 Å². The molecule has 0 bridgehead atoms. The van der Waals surface area contributed by atoms with Gasteiger partial charge in [-0.1, -0.05) is 11.6 Å². The molecule has 1 fully saturated rings. The number of anilines is 1. The SMILES string of the molecule is COc1ccc(-c2ccc(-c3cnn4c(N)c(C5CC5)c(CC[C@H]5CC(C)=CN5C(=O)c5nnc[nH]5)nc34)cn2)c(F)c1F. The van der Waals surface area contributed by atoms with Crippen molar-refractivity contribution >= 4 is 17.4 Å². The number of nitrogens with zero attached hydrogens (tertiary/aromatic N) is 7. The van der Waals surface area contributed by atoms with Crippen LogP contribution in [0.3, 0.4) is 0 Å². The second kappa shape index (κ2) is 10.8. The number of methoxy groups -OCH3 is 1. The lowest BCUT2D eigenvalue weighted by atomic mass is 10.00. The van der Waals surface area contributed by atoms with E-state index in [2.05, 4.69) is 25.3 Å². The van der Waals surface area contributed by atoms with Gasteiger partial charge in [0.25, 0.3) is 5.91 Å². The maximum Gasteiger partial charge on any atom is 0.295 e. The van der Waals surface area contributed by atoms with Crippen molar-refractivity contribution in [1.29, 1.82) is 0 Å². The Balaban J connectivity index is 1.19. The summed E-state index contributed by atoms with van der Waals surface area (Å²) in [5, 5.41) is 12.2. The number of aromatic nitrogens is 7. The molecule has 1 atom stereocenters. The number of carbonyl (C=O) groups excluding carboxylic acids is 1. The Morgan fingerprint density at radius 2 is 1.98 bits per heavy atom. The molecule has 7 rings (SSSR count). The van der Waals surface area contributed by atoms with Crippen LogP contribution in [0.4, 0.5) is 14.6 Å². The highest BCUT2D eigenvalue weighted by Gasteiger charge is 2.34. The Morgan fingerprint density at radius 1 is 1.14 bits per heavy atom. The van der Waals surface area contributed by atoms with E-state index in [1.54, 1.807) is 33.9 Å². The predicted octanol–water partition coefficient (Wildman–Crippen LogP) is 5.07. The summed E-state index contributed by atoms with van der Waals surface area (Å²) < 4.78 is 35.5. The van der Waals surface area contributed by atoms with Gasteiger partial charge in [-0.15, -0.1) is 10.2 Å². The highest BCUT2D eigenvalue weighted by atomic mass is 19.2. The molecule has 0 saturated heterocycles. The van der Waals surface area contributed by atoms with Crippen molar-refractivity contribution in [2.45, 2.75) is 51.0 Å². The fraction of sp³-hybridized carbons (Fsp3) is 0.290. The number of halogens is 2. The molecule has 0 radical (unpaired) electrons. The molecule has 3 N–H and O–H groups in total. The maximum absolute atomic E-state index is 14.7. The molecule has 5 heterocycles. The van der Waals surface area contributed by atoms with Crippen molar-refractivity contribution in [2.75, 3.05) is 12.8 Å². The van der Waals surface area contributed by atoms with E-state index in [9.17, 15) is 13.6 Å². The van der Waals surface area contributed by atoms with E-state index in [1.807, 2.05) is 13.1 Å². The molecule has 2 aliphatic rings. The third-order valence-electron chi connectivity index (χ3n) is 8.28. The van der Waals surface area contributed by atoms with Gasteiger partial charge >= 0.3 is 0 Å². The van der Waals surface area contributed by atoms with Crippen LogP contribution in [0, 0.1) is 11.6 Å². The van der Waals surface area contributed by atoms with Gasteiger partial charge in [0, 0.05) is 40.7 Å². The van der Waals surface area contributed by atoms with E-state index in [1.165, 1.54) is 25.6 Å². The minimum Gasteiger partial charge on any atom is -0.494 e. The van der Waals surface area contributed by atoms with E-state index >= 15 is 0 Å². The normalized spacial score (nSPS) is 16.5. The summed E-state index contributed by atoms with van der Waals surface area (Å²) in [6, 6.07) is 6.15. The number of hydrogen-bond donors (Lipinski definition) is 2. The molecular weight excluding hydrogens is 568 g/mol. The number of nitrogens with one attached hydrogen (secondary N) is 1. The number of nitrogen functional groups attached to an aromatic ring is 1. The lowest BCUT2D eigenvalue weighted by Gasteiger charge is -2.23. The van der Waals surface area contributed by atoms with Crippen LogP contribution in [0.5, 0.6) is 5.75 Å². The first kappa shape index (κ1) is 27.6. The van der Waals surface area contributed by atoms with Crippen molar-refractivity contribution in [3.8, 4) is 28.1 Å². The minimum atomic E-state index is -1.06. The molecule has 5 aromatic rings. The summed E-state index contributed by atoms with van der Waals surface area (Å²) in [5.74, 6) is -1.41. The van der Waals surface area contributed by atoms with E-state index in [-0.39, 0.29) is 34.8 Å². The number of pyridine rings is 1. The number of fused-ring (bicyclic) bond motifs is 1. The van der Waals surface area contributed by atoms with Gasteiger partial charge in [0.05, 0.1) is 24.7 Å². The lowest BCUT2D eigenvalue weighted by molar-refractivity contribution is 0.0767. The highest BCUT2D eigenvalue weighted by molar-refractivity contribution is 5.91. The van der Waals surface area contributed by atoms with Crippen LogP contribution >= 0.6 is 0 Å². The molecule has 11 nitrogen and oxygen atoms in total. The molecular formula is C31H29F2N9O2. The molecule has 13 heteroatoms. The van der Waals surface area contributed by atoms with Gasteiger partial charge in [-0.3, -0.25) is 9.78 Å². The minimum absolute atomic E-state index is 0.0286. The van der Waals surface area contributed by atoms with Gasteiger partial charge in [0.2, 0.25) is 11.6 Å². The molecule has 44 heavy (non-hydrogen) atoms. The van der Waals surface area contributed by atoms with Gasteiger partial charge < -0.3 is 20.4 Å². The zero-order valence-corrected chi connectivity index (χ0v) is 24.1. The Kier molecular flexibility index (Phi) is 6.79. The van der Waals surface area contributed by atoms with Crippen molar-refractivity contribution in [3.63, 3.8) is 0 Å². The van der Waals surface area contributed by atoms with Gasteiger partial charge in [-0.2, -0.15) is 14.0 Å². The van der Waals surface area contributed by atoms with E-state index in [4.69, 9.17) is 15.5 Å². The van der Waals surface area contributed by atoms with Crippen LogP contribution in [0.25, 0.3) is 28.0 Å². The maximum atomic E-state index is 14.7. The number of rotatable bonds is 8. The molecule has 4 aromatic heterocycles. The average molecular weight is 598 g/mol. The summed E-state index contributed by atoms with van der Waals surface area (Å²) in [5.41, 5.74) is 12.0. The Hall–Kier alpha value is -5.20. The number of aryl methyl sites for hydroxylation is 1. The number of aromatic amines is 1. The standard InChI is InChI=1S/C31H29F2N9O2/c1-16-11-19(41(14-16)31(43)29-36-15-37-40-29)6-9-23-25(17-3-4-17)28(34)42-30(39-23)21(13-38-42)18-5-8-22(35-12-18)20-7-10-24(44-2)27(33)26(20)32/h5,7-8,10,12-15,17,19H,3-4,6,9,11,34H2,1-2H3,(H,36,37,40)/t19-/m0/s1. The quantitative estimate of drug-likeness (QED) is 0.253. The fourth-order valence-electron chi connectivity index (χ4n) is 5.95. The van der Waals surface area contributed by atoms with Crippen LogP contribution in [0.1, 0.15) is 60.4 Å².